The Morgan fingerprint density at radius 3 is 2.18 bits per heavy atom. The Bertz CT molecular complexity index is 820. The van der Waals surface area contributed by atoms with Crippen molar-refractivity contribution in [3.8, 4) is 0 Å². The van der Waals surface area contributed by atoms with Gasteiger partial charge in [0, 0.05) is 12.2 Å². The molecule has 1 aromatic carbocycles. The van der Waals surface area contributed by atoms with E-state index in [-0.39, 0.29) is 17.7 Å². The minimum atomic E-state index is -4.53. The van der Waals surface area contributed by atoms with E-state index in [9.17, 15) is 21.6 Å². The SMILES string of the molecule is CCCCCCCCCN(C)CCc1ccc(NS(=O)(=O)C2CCCCCC2)cc1C(F)(F)F. The monoisotopic (exact) mass is 504 g/mol. The summed E-state index contributed by atoms with van der Waals surface area (Å²) in [6.45, 7) is 3.60. The van der Waals surface area contributed by atoms with Gasteiger partial charge in [-0.05, 0) is 57.0 Å². The minimum Gasteiger partial charge on any atom is -0.306 e. The largest absolute Gasteiger partial charge is 0.416 e. The molecule has 0 atom stereocenters. The fourth-order valence-electron chi connectivity index (χ4n) is 4.68. The topological polar surface area (TPSA) is 49.4 Å². The highest BCUT2D eigenvalue weighted by molar-refractivity contribution is 7.93. The summed E-state index contributed by atoms with van der Waals surface area (Å²) in [5.41, 5.74) is -0.550. The second-order valence-electron chi connectivity index (χ2n) is 9.80. The molecule has 0 bridgehead atoms. The lowest BCUT2D eigenvalue weighted by Crippen LogP contribution is -2.27. The molecule has 1 aliphatic carbocycles. The summed E-state index contributed by atoms with van der Waals surface area (Å²) in [7, 11) is -1.76. The number of hydrogen-bond donors (Lipinski definition) is 1. The number of halogens is 3. The van der Waals surface area contributed by atoms with Crippen molar-refractivity contribution in [2.75, 3.05) is 24.9 Å². The third-order valence-electron chi connectivity index (χ3n) is 6.82. The van der Waals surface area contributed by atoms with E-state index in [1.54, 1.807) is 0 Å². The zero-order valence-corrected chi connectivity index (χ0v) is 21.7. The standard InChI is InChI=1S/C26H43F3N2O2S/c1-3-4-5-6-7-10-13-19-31(2)20-18-22-16-17-23(21-25(22)26(27,28)29)30-34(32,33)24-14-11-8-9-12-15-24/h16-17,21,24,30H,3-15,18-20H2,1-2H3. The Balaban J connectivity index is 1.93. The first-order chi connectivity index (χ1) is 16.1. The quantitative estimate of drug-likeness (QED) is 0.212. The van der Waals surface area contributed by atoms with E-state index in [1.165, 1.54) is 44.2 Å². The van der Waals surface area contributed by atoms with Crippen molar-refractivity contribution in [3.05, 3.63) is 29.3 Å². The van der Waals surface area contributed by atoms with Gasteiger partial charge in [-0.2, -0.15) is 13.2 Å². The Labute approximate surface area is 204 Å². The van der Waals surface area contributed by atoms with E-state index in [2.05, 4.69) is 16.5 Å². The zero-order valence-electron chi connectivity index (χ0n) is 20.9. The molecule has 0 saturated heterocycles. The molecular formula is C26H43F3N2O2S. The molecule has 0 heterocycles. The van der Waals surface area contributed by atoms with Crippen LogP contribution in [0.3, 0.4) is 0 Å². The summed E-state index contributed by atoms with van der Waals surface area (Å²) in [6, 6.07) is 3.85. The highest BCUT2D eigenvalue weighted by Gasteiger charge is 2.34. The minimum absolute atomic E-state index is 0.00301. The zero-order chi connectivity index (χ0) is 25.0. The number of likely N-dealkylation sites (N-methyl/N-ethyl adjacent to an activating group) is 1. The summed E-state index contributed by atoms with van der Waals surface area (Å²) in [4.78, 5) is 2.08. The molecule has 34 heavy (non-hydrogen) atoms. The Kier molecular flexibility index (Phi) is 12.2. The molecule has 2 rings (SSSR count). The van der Waals surface area contributed by atoms with Crippen LogP contribution in [0.5, 0.6) is 0 Å². The number of anilines is 1. The fraction of sp³-hybridized carbons (Fsp3) is 0.769. The molecule has 0 unspecified atom stereocenters. The van der Waals surface area contributed by atoms with Gasteiger partial charge in [-0.3, -0.25) is 4.72 Å². The molecule has 0 aromatic heterocycles. The number of alkyl halides is 3. The maximum Gasteiger partial charge on any atom is 0.416 e. The van der Waals surface area contributed by atoms with Crippen LogP contribution >= 0.6 is 0 Å². The molecule has 1 N–H and O–H groups in total. The van der Waals surface area contributed by atoms with Gasteiger partial charge in [0.25, 0.3) is 0 Å². The van der Waals surface area contributed by atoms with Crippen molar-refractivity contribution in [2.24, 2.45) is 0 Å². The predicted molar refractivity (Wildman–Crippen MR) is 135 cm³/mol. The summed E-state index contributed by atoms with van der Waals surface area (Å²) in [6.07, 6.45) is 9.01. The van der Waals surface area contributed by atoms with Crippen LogP contribution in [0.15, 0.2) is 18.2 Å². The van der Waals surface area contributed by atoms with Crippen LogP contribution in [0, 0.1) is 0 Å². The van der Waals surface area contributed by atoms with Crippen LogP contribution in [0.1, 0.15) is 102 Å². The summed E-state index contributed by atoms with van der Waals surface area (Å²) < 4.78 is 69.3. The molecule has 1 aromatic rings. The van der Waals surface area contributed by atoms with E-state index in [0.717, 1.165) is 51.1 Å². The smallest absolute Gasteiger partial charge is 0.306 e. The van der Waals surface area contributed by atoms with Gasteiger partial charge in [0.05, 0.1) is 10.8 Å². The van der Waals surface area contributed by atoms with E-state index in [1.807, 2.05) is 7.05 Å². The highest BCUT2D eigenvalue weighted by atomic mass is 32.2. The Hall–Kier alpha value is -1.28. The lowest BCUT2D eigenvalue weighted by atomic mass is 10.0. The van der Waals surface area contributed by atoms with Crippen LogP contribution in [-0.2, 0) is 22.6 Å². The van der Waals surface area contributed by atoms with Gasteiger partial charge in [-0.15, -0.1) is 0 Å². The summed E-state index contributed by atoms with van der Waals surface area (Å²) in [5.74, 6) is 0. The summed E-state index contributed by atoms with van der Waals surface area (Å²) >= 11 is 0. The van der Waals surface area contributed by atoms with Gasteiger partial charge < -0.3 is 4.90 Å². The molecule has 1 fully saturated rings. The van der Waals surface area contributed by atoms with E-state index in [4.69, 9.17) is 0 Å². The molecule has 196 valence electrons. The van der Waals surface area contributed by atoms with Crippen molar-refractivity contribution >= 4 is 15.7 Å². The average molecular weight is 505 g/mol. The molecular weight excluding hydrogens is 461 g/mol. The van der Waals surface area contributed by atoms with Crippen LogP contribution in [0.25, 0.3) is 0 Å². The number of benzene rings is 1. The number of rotatable bonds is 14. The number of hydrogen-bond acceptors (Lipinski definition) is 3. The molecule has 0 aliphatic heterocycles. The lowest BCUT2D eigenvalue weighted by Gasteiger charge is -2.20. The van der Waals surface area contributed by atoms with E-state index < -0.39 is 27.0 Å². The Morgan fingerprint density at radius 1 is 0.941 bits per heavy atom. The highest BCUT2D eigenvalue weighted by Crippen LogP contribution is 2.35. The van der Waals surface area contributed by atoms with E-state index >= 15 is 0 Å². The van der Waals surface area contributed by atoms with Crippen LogP contribution < -0.4 is 4.72 Å². The van der Waals surface area contributed by atoms with Crippen LogP contribution in [0.4, 0.5) is 18.9 Å². The number of unbranched alkanes of at least 4 members (excludes halogenated alkanes) is 6. The first-order valence-corrected chi connectivity index (χ1v) is 14.6. The van der Waals surface area contributed by atoms with Crippen LogP contribution in [-0.4, -0.2) is 38.7 Å². The normalized spacial score (nSPS) is 16.1. The maximum absolute atomic E-state index is 13.8. The van der Waals surface area contributed by atoms with Gasteiger partial charge in [-0.1, -0.05) is 77.2 Å². The molecule has 0 spiro atoms. The average Bonchev–Trinajstić information content (AvgIpc) is 3.07. The van der Waals surface area contributed by atoms with Crippen molar-refractivity contribution in [1.29, 1.82) is 0 Å². The summed E-state index contributed by atoms with van der Waals surface area (Å²) in [5, 5.41) is -0.538. The van der Waals surface area contributed by atoms with E-state index in [0.29, 0.717) is 19.4 Å². The third kappa shape index (κ3) is 10.1. The first-order valence-electron chi connectivity index (χ1n) is 13.0. The third-order valence-corrected chi connectivity index (χ3v) is 8.69. The maximum atomic E-state index is 13.8. The number of nitrogens with one attached hydrogen (secondary N) is 1. The van der Waals surface area contributed by atoms with Crippen molar-refractivity contribution < 1.29 is 21.6 Å². The molecule has 0 radical (unpaired) electrons. The fourth-order valence-corrected chi connectivity index (χ4v) is 6.26. The molecule has 8 heteroatoms. The molecule has 1 aliphatic rings. The van der Waals surface area contributed by atoms with Gasteiger partial charge in [0.15, 0.2) is 0 Å². The van der Waals surface area contributed by atoms with Crippen molar-refractivity contribution in [2.45, 2.75) is 108 Å². The second kappa shape index (κ2) is 14.3. The van der Waals surface area contributed by atoms with Crippen molar-refractivity contribution in [3.63, 3.8) is 0 Å². The number of sulfonamides is 1. The Morgan fingerprint density at radius 2 is 1.56 bits per heavy atom. The number of nitrogens with zero attached hydrogens (tertiary/aromatic N) is 1. The second-order valence-corrected chi connectivity index (χ2v) is 11.8. The van der Waals surface area contributed by atoms with Crippen LogP contribution in [0.2, 0.25) is 0 Å². The van der Waals surface area contributed by atoms with Gasteiger partial charge in [0.2, 0.25) is 10.0 Å². The van der Waals surface area contributed by atoms with Gasteiger partial charge in [0.1, 0.15) is 0 Å². The van der Waals surface area contributed by atoms with Gasteiger partial charge in [-0.25, -0.2) is 8.42 Å². The predicted octanol–water partition coefficient (Wildman–Crippen LogP) is 7.39. The molecule has 1 saturated carbocycles. The first kappa shape index (κ1) is 29.0. The van der Waals surface area contributed by atoms with Gasteiger partial charge >= 0.3 is 6.18 Å². The molecule has 4 nitrogen and oxygen atoms in total. The lowest BCUT2D eigenvalue weighted by molar-refractivity contribution is -0.138. The van der Waals surface area contributed by atoms with Crippen molar-refractivity contribution in [1.82, 2.24) is 4.90 Å². The molecule has 0 amide bonds.